The first kappa shape index (κ1) is 7.96. The predicted octanol–water partition coefficient (Wildman–Crippen LogP) is 1.66. The van der Waals surface area contributed by atoms with Gasteiger partial charge in [0, 0.05) is 6.61 Å². The Kier molecular flexibility index (Phi) is 3.88. The summed E-state index contributed by atoms with van der Waals surface area (Å²) in [6.45, 7) is 6.72. The van der Waals surface area contributed by atoms with E-state index in [0.29, 0.717) is 18.4 Å². The summed E-state index contributed by atoms with van der Waals surface area (Å²) in [6, 6.07) is 0. The van der Waals surface area contributed by atoms with E-state index in [0.717, 1.165) is 0 Å². The maximum Gasteiger partial charge on any atom is 0.0459 e. The number of aliphatic hydroxyl groups excluding tert-OH is 1. The van der Waals surface area contributed by atoms with Gasteiger partial charge in [-0.3, -0.25) is 0 Å². The Labute approximate surface area is 51.7 Å². The lowest BCUT2D eigenvalue weighted by Crippen LogP contribution is -2.10. The first-order chi connectivity index (χ1) is 3.72. The number of rotatable bonds is 3. The summed E-state index contributed by atoms with van der Waals surface area (Å²) >= 11 is 0. The molecule has 1 nitrogen and oxygen atoms in total. The van der Waals surface area contributed by atoms with Gasteiger partial charge in [0.2, 0.25) is 0 Å². The maximum atomic E-state index is 8.64. The van der Waals surface area contributed by atoms with Gasteiger partial charge in [0.05, 0.1) is 0 Å². The Morgan fingerprint density at radius 1 is 1.25 bits per heavy atom. The predicted molar refractivity (Wildman–Crippen MR) is 35.7 cm³/mol. The molecule has 8 heavy (non-hydrogen) atoms. The first-order valence-corrected chi connectivity index (χ1v) is 3.33. The van der Waals surface area contributed by atoms with Gasteiger partial charge in [0.1, 0.15) is 0 Å². The van der Waals surface area contributed by atoms with Crippen molar-refractivity contribution in [3.05, 3.63) is 0 Å². The van der Waals surface area contributed by atoms with Crippen LogP contribution in [0.1, 0.15) is 27.2 Å². The van der Waals surface area contributed by atoms with Crippen molar-refractivity contribution in [1.29, 1.82) is 0 Å². The van der Waals surface area contributed by atoms with Crippen molar-refractivity contribution in [2.24, 2.45) is 11.8 Å². The highest BCUT2D eigenvalue weighted by atomic mass is 16.3. The lowest BCUT2D eigenvalue weighted by molar-refractivity contribution is 0.193. The number of hydrogen-bond donors (Lipinski definition) is 1. The van der Waals surface area contributed by atoms with Crippen molar-refractivity contribution >= 4 is 0 Å². The molecule has 1 N–H and O–H groups in total. The second kappa shape index (κ2) is 3.90. The van der Waals surface area contributed by atoms with Crippen LogP contribution in [-0.4, -0.2) is 11.7 Å². The summed E-state index contributed by atoms with van der Waals surface area (Å²) in [7, 11) is 0. The quantitative estimate of drug-likeness (QED) is 0.594. The Bertz CT molecular complexity index is 44.3. The molecule has 0 fully saturated rings. The van der Waals surface area contributed by atoms with Crippen molar-refractivity contribution < 1.29 is 5.11 Å². The molecule has 0 aromatic carbocycles. The summed E-state index contributed by atoms with van der Waals surface area (Å²) in [5, 5.41) is 8.64. The lowest BCUT2D eigenvalue weighted by Gasteiger charge is -2.13. The third-order valence-electron chi connectivity index (χ3n) is 1.90. The highest BCUT2D eigenvalue weighted by molar-refractivity contribution is 4.56. The average molecular weight is 116 g/mol. The van der Waals surface area contributed by atoms with Crippen molar-refractivity contribution in [3.8, 4) is 0 Å². The summed E-state index contributed by atoms with van der Waals surface area (Å²) in [5.74, 6) is 1.14. The molecule has 0 aromatic rings. The molecule has 2 atom stereocenters. The van der Waals surface area contributed by atoms with E-state index in [2.05, 4.69) is 20.8 Å². The van der Waals surface area contributed by atoms with Gasteiger partial charge in [-0.2, -0.15) is 0 Å². The minimum Gasteiger partial charge on any atom is -0.396 e. The van der Waals surface area contributed by atoms with Crippen LogP contribution in [0.25, 0.3) is 0 Å². The molecule has 2 unspecified atom stereocenters. The van der Waals surface area contributed by atoms with Crippen molar-refractivity contribution in [3.63, 3.8) is 0 Å². The third-order valence-corrected chi connectivity index (χ3v) is 1.90. The molecule has 0 bridgehead atoms. The van der Waals surface area contributed by atoms with Crippen LogP contribution in [0.5, 0.6) is 0 Å². The average Bonchev–Trinajstić information content (AvgIpc) is 1.84. The van der Waals surface area contributed by atoms with Crippen LogP contribution in [0, 0.1) is 11.8 Å². The van der Waals surface area contributed by atoms with Crippen molar-refractivity contribution in [2.75, 3.05) is 6.61 Å². The fraction of sp³-hybridized carbons (Fsp3) is 1.00. The zero-order valence-corrected chi connectivity index (χ0v) is 6.02. The van der Waals surface area contributed by atoms with Crippen LogP contribution in [0.15, 0.2) is 0 Å². The third kappa shape index (κ3) is 2.31. The van der Waals surface area contributed by atoms with Gasteiger partial charge in [-0.15, -0.1) is 0 Å². The van der Waals surface area contributed by atoms with Gasteiger partial charge in [0.15, 0.2) is 0 Å². The fourth-order valence-electron chi connectivity index (χ4n) is 0.582. The highest BCUT2D eigenvalue weighted by Gasteiger charge is 2.06. The molecule has 0 amide bonds. The molecule has 0 radical (unpaired) electrons. The Hall–Kier alpha value is -0.0400. The number of hydrogen-bond acceptors (Lipinski definition) is 1. The minimum absolute atomic E-state index is 0.328. The van der Waals surface area contributed by atoms with Gasteiger partial charge in [-0.1, -0.05) is 27.2 Å². The Morgan fingerprint density at radius 3 is 1.88 bits per heavy atom. The molecule has 0 saturated carbocycles. The normalized spacial score (nSPS) is 18.0. The largest absolute Gasteiger partial charge is 0.396 e. The Balaban J connectivity index is 3.29. The second-order valence-electron chi connectivity index (χ2n) is 2.55. The fourth-order valence-corrected chi connectivity index (χ4v) is 0.582. The molecule has 0 aromatic heterocycles. The topological polar surface area (TPSA) is 20.2 Å². The van der Waals surface area contributed by atoms with Crippen LogP contribution in [-0.2, 0) is 0 Å². The summed E-state index contributed by atoms with van der Waals surface area (Å²) < 4.78 is 0. The monoisotopic (exact) mass is 116 g/mol. The molecule has 0 rings (SSSR count). The molecular weight excluding hydrogens is 100 g/mol. The smallest absolute Gasteiger partial charge is 0.0459 e. The van der Waals surface area contributed by atoms with Gasteiger partial charge in [-0.05, 0) is 11.8 Å². The molecule has 0 aliphatic heterocycles. The van der Waals surface area contributed by atoms with Gasteiger partial charge < -0.3 is 5.11 Å². The van der Waals surface area contributed by atoms with Gasteiger partial charge >= 0.3 is 0 Å². The first-order valence-electron chi connectivity index (χ1n) is 3.33. The van der Waals surface area contributed by atoms with E-state index in [1.807, 2.05) is 0 Å². The zero-order valence-electron chi connectivity index (χ0n) is 6.02. The van der Waals surface area contributed by atoms with Crippen LogP contribution in [0.3, 0.4) is 0 Å². The van der Waals surface area contributed by atoms with Crippen LogP contribution in [0.4, 0.5) is 0 Å². The molecule has 0 aliphatic rings. The molecule has 1 heteroatoms. The van der Waals surface area contributed by atoms with E-state index >= 15 is 0 Å². The SMILES string of the molecule is CCC(C)C(C)CO. The van der Waals surface area contributed by atoms with E-state index in [1.54, 1.807) is 0 Å². The minimum atomic E-state index is 0.328. The van der Waals surface area contributed by atoms with Crippen molar-refractivity contribution in [2.45, 2.75) is 27.2 Å². The van der Waals surface area contributed by atoms with Crippen molar-refractivity contribution in [1.82, 2.24) is 0 Å². The lowest BCUT2D eigenvalue weighted by atomic mass is 9.95. The maximum absolute atomic E-state index is 8.64. The van der Waals surface area contributed by atoms with E-state index in [-0.39, 0.29) is 0 Å². The summed E-state index contributed by atoms with van der Waals surface area (Å²) in [4.78, 5) is 0. The zero-order chi connectivity index (χ0) is 6.57. The van der Waals surface area contributed by atoms with Crippen LogP contribution in [0.2, 0.25) is 0 Å². The Morgan fingerprint density at radius 2 is 1.75 bits per heavy atom. The van der Waals surface area contributed by atoms with Gasteiger partial charge in [-0.25, -0.2) is 0 Å². The van der Waals surface area contributed by atoms with E-state index < -0.39 is 0 Å². The molecule has 50 valence electrons. The van der Waals surface area contributed by atoms with Crippen LogP contribution >= 0.6 is 0 Å². The molecule has 0 saturated heterocycles. The van der Waals surface area contributed by atoms with Crippen LogP contribution < -0.4 is 0 Å². The van der Waals surface area contributed by atoms with Gasteiger partial charge in [0.25, 0.3) is 0 Å². The van der Waals surface area contributed by atoms with E-state index in [4.69, 9.17) is 5.11 Å². The van der Waals surface area contributed by atoms with E-state index in [9.17, 15) is 0 Å². The summed E-state index contributed by atoms with van der Waals surface area (Å²) in [5.41, 5.74) is 0. The highest BCUT2D eigenvalue weighted by Crippen LogP contribution is 2.12. The summed E-state index contributed by atoms with van der Waals surface area (Å²) in [6.07, 6.45) is 1.17. The molecular formula is C7H16O. The molecule has 0 aliphatic carbocycles. The number of aliphatic hydroxyl groups is 1. The molecule has 0 heterocycles. The standard InChI is InChI=1S/C7H16O/c1-4-6(2)7(3)5-8/h6-8H,4-5H2,1-3H3. The van der Waals surface area contributed by atoms with E-state index in [1.165, 1.54) is 6.42 Å². The molecule has 0 spiro atoms. The second-order valence-corrected chi connectivity index (χ2v) is 2.55.